The van der Waals surface area contributed by atoms with Crippen molar-refractivity contribution in [2.45, 2.75) is 26.4 Å². The molecule has 20 heavy (non-hydrogen) atoms. The zero-order valence-corrected chi connectivity index (χ0v) is 11.9. The molecule has 0 atom stereocenters. The Labute approximate surface area is 118 Å². The number of anilines is 1. The number of carbonyl (C=O) groups is 1. The van der Waals surface area contributed by atoms with Crippen LogP contribution in [-0.2, 0) is 4.74 Å². The third kappa shape index (κ3) is 4.09. The average Bonchev–Trinajstić information content (AvgIpc) is 2.38. The van der Waals surface area contributed by atoms with Gasteiger partial charge in [0.05, 0.1) is 0 Å². The summed E-state index contributed by atoms with van der Waals surface area (Å²) in [6, 6.07) is 11.4. The maximum Gasteiger partial charge on any atom is 0.412 e. The van der Waals surface area contributed by atoms with Crippen LogP contribution in [-0.4, -0.2) is 16.7 Å². The standard InChI is InChI=1S/C16H18N2O2/c1-16(2,3)20-15(19)18-14-6-4-5-13(11-14)12-7-9-17-10-8-12/h4-11H,1-3H3,(H,18,19). The number of pyridine rings is 1. The van der Waals surface area contributed by atoms with Crippen LogP contribution in [0, 0.1) is 0 Å². The fraction of sp³-hybridized carbons (Fsp3) is 0.250. The summed E-state index contributed by atoms with van der Waals surface area (Å²) in [5, 5.41) is 2.73. The number of nitrogens with one attached hydrogen (secondary N) is 1. The Hall–Kier alpha value is -2.36. The van der Waals surface area contributed by atoms with Crippen molar-refractivity contribution in [3.63, 3.8) is 0 Å². The summed E-state index contributed by atoms with van der Waals surface area (Å²) in [5.41, 5.74) is 2.26. The fourth-order valence-corrected chi connectivity index (χ4v) is 1.74. The van der Waals surface area contributed by atoms with E-state index in [1.165, 1.54) is 0 Å². The molecule has 1 aromatic heterocycles. The van der Waals surface area contributed by atoms with Gasteiger partial charge in [0.1, 0.15) is 5.60 Å². The van der Waals surface area contributed by atoms with E-state index in [1.807, 2.05) is 57.2 Å². The molecule has 0 aliphatic carbocycles. The summed E-state index contributed by atoms with van der Waals surface area (Å²) in [4.78, 5) is 15.7. The molecule has 0 bridgehead atoms. The van der Waals surface area contributed by atoms with Gasteiger partial charge < -0.3 is 4.74 Å². The molecule has 0 aliphatic rings. The topological polar surface area (TPSA) is 51.2 Å². The molecule has 2 aromatic rings. The first-order chi connectivity index (χ1) is 9.44. The molecule has 104 valence electrons. The van der Waals surface area contributed by atoms with Gasteiger partial charge in [0.2, 0.25) is 0 Å². The van der Waals surface area contributed by atoms with Gasteiger partial charge in [-0.05, 0) is 56.2 Å². The second kappa shape index (κ2) is 5.74. The molecule has 0 fully saturated rings. The largest absolute Gasteiger partial charge is 0.444 e. The number of carbonyl (C=O) groups excluding carboxylic acids is 1. The zero-order valence-electron chi connectivity index (χ0n) is 11.9. The van der Waals surface area contributed by atoms with Crippen molar-refractivity contribution < 1.29 is 9.53 Å². The van der Waals surface area contributed by atoms with Crippen LogP contribution in [0.4, 0.5) is 10.5 Å². The van der Waals surface area contributed by atoms with E-state index in [2.05, 4.69) is 10.3 Å². The van der Waals surface area contributed by atoms with E-state index in [0.717, 1.165) is 11.1 Å². The maximum atomic E-state index is 11.7. The second-order valence-corrected chi connectivity index (χ2v) is 5.44. The van der Waals surface area contributed by atoms with Gasteiger partial charge in [-0.2, -0.15) is 0 Å². The van der Waals surface area contributed by atoms with Crippen LogP contribution in [0.1, 0.15) is 20.8 Å². The van der Waals surface area contributed by atoms with Crippen molar-refractivity contribution >= 4 is 11.8 Å². The first-order valence-electron chi connectivity index (χ1n) is 6.44. The van der Waals surface area contributed by atoms with Crippen LogP contribution < -0.4 is 5.32 Å². The molecule has 0 unspecified atom stereocenters. The van der Waals surface area contributed by atoms with Crippen LogP contribution in [0.3, 0.4) is 0 Å². The predicted octanol–water partition coefficient (Wildman–Crippen LogP) is 4.10. The van der Waals surface area contributed by atoms with Gasteiger partial charge in [0, 0.05) is 18.1 Å². The average molecular weight is 270 g/mol. The number of nitrogens with zero attached hydrogens (tertiary/aromatic N) is 1. The van der Waals surface area contributed by atoms with Gasteiger partial charge in [-0.1, -0.05) is 12.1 Å². The molecule has 4 nitrogen and oxygen atoms in total. The van der Waals surface area contributed by atoms with Gasteiger partial charge in [-0.15, -0.1) is 0 Å². The van der Waals surface area contributed by atoms with Gasteiger partial charge in [0.25, 0.3) is 0 Å². The lowest BCUT2D eigenvalue weighted by atomic mass is 10.1. The third-order valence-corrected chi connectivity index (χ3v) is 2.52. The highest BCUT2D eigenvalue weighted by atomic mass is 16.6. The van der Waals surface area contributed by atoms with Gasteiger partial charge >= 0.3 is 6.09 Å². The lowest BCUT2D eigenvalue weighted by Crippen LogP contribution is -2.27. The summed E-state index contributed by atoms with van der Waals surface area (Å²) in [6.07, 6.45) is 3.02. The summed E-state index contributed by atoms with van der Waals surface area (Å²) >= 11 is 0. The summed E-state index contributed by atoms with van der Waals surface area (Å²) in [7, 11) is 0. The van der Waals surface area contributed by atoms with Crippen molar-refractivity contribution in [3.05, 3.63) is 48.8 Å². The number of ether oxygens (including phenoxy) is 1. The monoisotopic (exact) mass is 270 g/mol. The molecule has 0 saturated heterocycles. The van der Waals surface area contributed by atoms with E-state index < -0.39 is 11.7 Å². The quantitative estimate of drug-likeness (QED) is 0.894. The Morgan fingerprint density at radius 1 is 1.10 bits per heavy atom. The number of amides is 1. The molecule has 2 rings (SSSR count). The minimum Gasteiger partial charge on any atom is -0.444 e. The summed E-state index contributed by atoms with van der Waals surface area (Å²) in [6.45, 7) is 5.50. The highest BCUT2D eigenvalue weighted by molar-refractivity contribution is 5.86. The first kappa shape index (κ1) is 14.1. The van der Waals surface area contributed by atoms with Gasteiger partial charge in [0.15, 0.2) is 0 Å². The number of benzene rings is 1. The smallest absolute Gasteiger partial charge is 0.412 e. The van der Waals surface area contributed by atoms with E-state index in [4.69, 9.17) is 4.74 Å². The van der Waals surface area contributed by atoms with E-state index in [1.54, 1.807) is 12.4 Å². The molecule has 1 aromatic carbocycles. The molecule has 1 N–H and O–H groups in total. The zero-order chi connectivity index (χ0) is 14.6. The van der Waals surface area contributed by atoms with Crippen molar-refractivity contribution in [1.82, 2.24) is 4.98 Å². The van der Waals surface area contributed by atoms with Gasteiger partial charge in [-0.25, -0.2) is 4.79 Å². The highest BCUT2D eigenvalue weighted by Crippen LogP contribution is 2.22. The van der Waals surface area contributed by atoms with Crippen molar-refractivity contribution in [1.29, 1.82) is 0 Å². The lowest BCUT2D eigenvalue weighted by molar-refractivity contribution is 0.0636. The molecule has 4 heteroatoms. The van der Waals surface area contributed by atoms with Crippen molar-refractivity contribution in [2.24, 2.45) is 0 Å². The number of rotatable bonds is 2. The van der Waals surface area contributed by atoms with Crippen LogP contribution in [0.2, 0.25) is 0 Å². The number of hydrogen-bond acceptors (Lipinski definition) is 3. The maximum absolute atomic E-state index is 11.7. The Morgan fingerprint density at radius 3 is 2.45 bits per heavy atom. The van der Waals surface area contributed by atoms with E-state index in [0.29, 0.717) is 5.69 Å². The van der Waals surface area contributed by atoms with Gasteiger partial charge in [-0.3, -0.25) is 10.3 Å². The molecule has 0 radical (unpaired) electrons. The predicted molar refractivity (Wildman–Crippen MR) is 79.5 cm³/mol. The van der Waals surface area contributed by atoms with Crippen LogP contribution in [0.5, 0.6) is 0 Å². The van der Waals surface area contributed by atoms with E-state index >= 15 is 0 Å². The number of aromatic nitrogens is 1. The van der Waals surface area contributed by atoms with Crippen LogP contribution in [0.15, 0.2) is 48.8 Å². The SMILES string of the molecule is CC(C)(C)OC(=O)Nc1cccc(-c2ccncc2)c1. The molecule has 1 amide bonds. The second-order valence-electron chi connectivity index (χ2n) is 5.44. The Balaban J connectivity index is 2.13. The minimum absolute atomic E-state index is 0.454. The fourth-order valence-electron chi connectivity index (χ4n) is 1.74. The van der Waals surface area contributed by atoms with Crippen LogP contribution in [0.25, 0.3) is 11.1 Å². The lowest BCUT2D eigenvalue weighted by Gasteiger charge is -2.19. The Kier molecular flexibility index (Phi) is 4.03. The Morgan fingerprint density at radius 2 is 1.80 bits per heavy atom. The molecular formula is C16H18N2O2. The first-order valence-corrected chi connectivity index (χ1v) is 6.44. The molecular weight excluding hydrogens is 252 g/mol. The molecule has 0 saturated carbocycles. The summed E-state index contributed by atoms with van der Waals surface area (Å²) < 4.78 is 5.23. The number of hydrogen-bond donors (Lipinski definition) is 1. The summed E-state index contributed by atoms with van der Waals surface area (Å²) in [5.74, 6) is 0. The highest BCUT2D eigenvalue weighted by Gasteiger charge is 2.16. The molecule has 0 aliphatic heterocycles. The van der Waals surface area contributed by atoms with Crippen LogP contribution >= 0.6 is 0 Å². The molecule has 1 heterocycles. The van der Waals surface area contributed by atoms with E-state index in [-0.39, 0.29) is 0 Å². The Bertz CT molecular complexity index is 589. The minimum atomic E-state index is -0.507. The normalized spacial score (nSPS) is 10.9. The third-order valence-electron chi connectivity index (χ3n) is 2.52. The van der Waals surface area contributed by atoms with Crippen molar-refractivity contribution in [3.8, 4) is 11.1 Å². The molecule has 0 spiro atoms. The van der Waals surface area contributed by atoms with E-state index in [9.17, 15) is 4.79 Å². The van der Waals surface area contributed by atoms with Crippen molar-refractivity contribution in [2.75, 3.05) is 5.32 Å².